The van der Waals surface area contributed by atoms with Crippen LogP contribution in [0.5, 0.6) is 5.75 Å². The lowest BCUT2D eigenvalue weighted by Crippen LogP contribution is -2.31. The van der Waals surface area contributed by atoms with Crippen molar-refractivity contribution in [1.82, 2.24) is 4.90 Å². The second-order valence-corrected chi connectivity index (χ2v) is 5.53. The minimum absolute atomic E-state index is 0.143. The van der Waals surface area contributed by atoms with E-state index in [2.05, 4.69) is 0 Å². The molecule has 0 saturated carbocycles. The van der Waals surface area contributed by atoms with Gasteiger partial charge in [-0.25, -0.2) is 0 Å². The molecular formula is C16H20N2O3. The molecule has 1 atom stereocenters. The van der Waals surface area contributed by atoms with Gasteiger partial charge in [-0.1, -0.05) is 0 Å². The highest BCUT2D eigenvalue weighted by molar-refractivity contribution is 5.88. The van der Waals surface area contributed by atoms with E-state index < -0.39 is 0 Å². The van der Waals surface area contributed by atoms with Crippen LogP contribution < -0.4 is 10.5 Å². The molecule has 1 saturated heterocycles. The smallest absolute Gasteiger partial charge is 0.227 e. The summed E-state index contributed by atoms with van der Waals surface area (Å²) in [5.74, 6) is 1.34. The number of benzene rings is 1. The van der Waals surface area contributed by atoms with Gasteiger partial charge in [0.1, 0.15) is 11.3 Å². The number of ether oxygens (including phenoxy) is 1. The van der Waals surface area contributed by atoms with Crippen LogP contribution in [0.15, 0.2) is 28.9 Å². The van der Waals surface area contributed by atoms with Crippen LogP contribution in [0.1, 0.15) is 12.0 Å². The highest BCUT2D eigenvalue weighted by Gasteiger charge is 2.25. The maximum atomic E-state index is 12.4. The van der Waals surface area contributed by atoms with E-state index in [1.54, 1.807) is 13.4 Å². The third-order valence-corrected chi connectivity index (χ3v) is 4.18. The Morgan fingerprint density at radius 2 is 2.38 bits per heavy atom. The van der Waals surface area contributed by atoms with Crippen LogP contribution in [-0.2, 0) is 11.2 Å². The van der Waals surface area contributed by atoms with Crippen LogP contribution >= 0.6 is 0 Å². The van der Waals surface area contributed by atoms with Crippen molar-refractivity contribution in [3.8, 4) is 5.75 Å². The lowest BCUT2D eigenvalue weighted by Gasteiger charge is -2.15. The molecule has 1 aromatic heterocycles. The van der Waals surface area contributed by atoms with E-state index in [1.807, 2.05) is 23.1 Å². The van der Waals surface area contributed by atoms with Crippen molar-refractivity contribution in [2.75, 3.05) is 26.7 Å². The van der Waals surface area contributed by atoms with Crippen LogP contribution in [0.3, 0.4) is 0 Å². The fraction of sp³-hybridized carbons (Fsp3) is 0.438. The van der Waals surface area contributed by atoms with Crippen molar-refractivity contribution >= 4 is 16.9 Å². The van der Waals surface area contributed by atoms with Gasteiger partial charge in [0.05, 0.1) is 19.8 Å². The van der Waals surface area contributed by atoms with E-state index in [1.165, 1.54) is 0 Å². The fourth-order valence-corrected chi connectivity index (χ4v) is 2.85. The lowest BCUT2D eigenvalue weighted by molar-refractivity contribution is -0.129. The normalized spacial score (nSPS) is 18.4. The standard InChI is InChI=1S/C16H20N2O3/c1-20-13-2-3-14-12(10-21-15(14)7-13)6-16(19)18-5-4-11(8-17)9-18/h2-3,7,10-11H,4-6,8-9,17H2,1H3/t11-/m0/s1. The second-order valence-electron chi connectivity index (χ2n) is 5.53. The Morgan fingerprint density at radius 1 is 1.52 bits per heavy atom. The van der Waals surface area contributed by atoms with Gasteiger partial charge in [-0.05, 0) is 31.0 Å². The number of furan rings is 1. The van der Waals surface area contributed by atoms with Crippen LogP contribution in [0.4, 0.5) is 0 Å². The molecule has 1 aromatic carbocycles. The molecule has 0 bridgehead atoms. The first-order chi connectivity index (χ1) is 10.2. The number of likely N-dealkylation sites (tertiary alicyclic amines) is 1. The van der Waals surface area contributed by atoms with Gasteiger partial charge in [-0.2, -0.15) is 0 Å². The topological polar surface area (TPSA) is 68.7 Å². The first kappa shape index (κ1) is 13.9. The Balaban J connectivity index is 1.74. The van der Waals surface area contributed by atoms with E-state index in [0.29, 0.717) is 18.9 Å². The summed E-state index contributed by atoms with van der Waals surface area (Å²) < 4.78 is 10.7. The van der Waals surface area contributed by atoms with Gasteiger partial charge in [0, 0.05) is 30.1 Å². The SMILES string of the molecule is COc1ccc2c(CC(=O)N3CC[C@@H](CN)C3)coc2c1. The summed E-state index contributed by atoms with van der Waals surface area (Å²) in [5, 5.41) is 0.971. The Bertz CT molecular complexity index is 650. The van der Waals surface area contributed by atoms with Gasteiger partial charge in [0.25, 0.3) is 0 Å². The van der Waals surface area contributed by atoms with Crippen LogP contribution in [0.2, 0.25) is 0 Å². The Kier molecular flexibility index (Phi) is 3.84. The molecule has 0 radical (unpaired) electrons. The predicted molar refractivity (Wildman–Crippen MR) is 80.2 cm³/mol. The number of fused-ring (bicyclic) bond motifs is 1. The van der Waals surface area contributed by atoms with Gasteiger partial charge in [0.15, 0.2) is 0 Å². The number of carbonyl (C=O) groups excluding carboxylic acids is 1. The third-order valence-electron chi connectivity index (χ3n) is 4.18. The van der Waals surface area contributed by atoms with Crippen LogP contribution in [0, 0.1) is 5.92 Å². The number of rotatable bonds is 4. The van der Waals surface area contributed by atoms with Crippen molar-refractivity contribution in [1.29, 1.82) is 0 Å². The Hall–Kier alpha value is -2.01. The minimum Gasteiger partial charge on any atom is -0.497 e. The van der Waals surface area contributed by atoms with Crippen molar-refractivity contribution in [2.24, 2.45) is 11.7 Å². The quantitative estimate of drug-likeness (QED) is 0.931. The molecule has 2 heterocycles. The molecule has 2 aromatic rings. The first-order valence-corrected chi connectivity index (χ1v) is 7.23. The molecule has 0 aliphatic carbocycles. The average Bonchev–Trinajstić information content (AvgIpc) is 3.13. The van der Waals surface area contributed by atoms with Gasteiger partial charge in [0.2, 0.25) is 5.91 Å². The number of methoxy groups -OCH3 is 1. The molecule has 5 nitrogen and oxygen atoms in total. The molecule has 0 spiro atoms. The summed E-state index contributed by atoms with van der Waals surface area (Å²) >= 11 is 0. The molecule has 2 N–H and O–H groups in total. The van der Waals surface area contributed by atoms with E-state index >= 15 is 0 Å². The molecule has 3 rings (SSSR count). The number of carbonyl (C=O) groups is 1. The first-order valence-electron chi connectivity index (χ1n) is 7.23. The highest BCUT2D eigenvalue weighted by Crippen LogP contribution is 2.26. The van der Waals surface area contributed by atoms with Crippen molar-refractivity contribution < 1.29 is 13.9 Å². The molecule has 1 aliphatic heterocycles. The van der Waals surface area contributed by atoms with Crippen molar-refractivity contribution in [2.45, 2.75) is 12.8 Å². The van der Waals surface area contributed by atoms with Gasteiger partial charge in [-0.3, -0.25) is 4.79 Å². The van der Waals surface area contributed by atoms with E-state index in [0.717, 1.165) is 41.8 Å². The molecule has 1 fully saturated rings. The monoisotopic (exact) mass is 288 g/mol. The maximum absolute atomic E-state index is 12.4. The molecular weight excluding hydrogens is 268 g/mol. The van der Waals surface area contributed by atoms with Crippen LogP contribution in [-0.4, -0.2) is 37.6 Å². The number of hydrogen-bond acceptors (Lipinski definition) is 4. The molecule has 1 amide bonds. The number of amides is 1. The zero-order valence-electron chi connectivity index (χ0n) is 12.2. The Morgan fingerprint density at radius 3 is 3.10 bits per heavy atom. The molecule has 112 valence electrons. The highest BCUT2D eigenvalue weighted by atomic mass is 16.5. The summed E-state index contributed by atoms with van der Waals surface area (Å²) in [5.41, 5.74) is 7.34. The molecule has 21 heavy (non-hydrogen) atoms. The number of nitrogens with zero attached hydrogens (tertiary/aromatic N) is 1. The molecule has 0 unspecified atom stereocenters. The third kappa shape index (κ3) is 2.74. The summed E-state index contributed by atoms with van der Waals surface area (Å²) in [7, 11) is 1.62. The van der Waals surface area contributed by atoms with E-state index in [-0.39, 0.29) is 5.91 Å². The molecule has 5 heteroatoms. The maximum Gasteiger partial charge on any atom is 0.227 e. The lowest BCUT2D eigenvalue weighted by atomic mass is 10.1. The predicted octanol–water partition coefficient (Wildman–Crippen LogP) is 1.79. The zero-order valence-corrected chi connectivity index (χ0v) is 12.2. The minimum atomic E-state index is 0.143. The zero-order chi connectivity index (χ0) is 14.8. The van der Waals surface area contributed by atoms with Gasteiger partial charge >= 0.3 is 0 Å². The van der Waals surface area contributed by atoms with Crippen molar-refractivity contribution in [3.05, 3.63) is 30.0 Å². The summed E-state index contributed by atoms with van der Waals surface area (Å²) in [6.07, 6.45) is 3.04. The number of hydrogen-bond donors (Lipinski definition) is 1. The fourth-order valence-electron chi connectivity index (χ4n) is 2.85. The van der Waals surface area contributed by atoms with Crippen LogP contribution in [0.25, 0.3) is 11.0 Å². The summed E-state index contributed by atoms with van der Waals surface area (Å²) in [4.78, 5) is 14.3. The average molecular weight is 288 g/mol. The second kappa shape index (κ2) is 5.77. The summed E-state index contributed by atoms with van der Waals surface area (Å²) in [6.45, 7) is 2.24. The van der Waals surface area contributed by atoms with Crippen molar-refractivity contribution in [3.63, 3.8) is 0 Å². The Labute approximate surface area is 123 Å². The summed E-state index contributed by atoms with van der Waals surface area (Å²) in [6, 6.07) is 5.66. The van der Waals surface area contributed by atoms with E-state index in [9.17, 15) is 4.79 Å². The largest absolute Gasteiger partial charge is 0.497 e. The van der Waals surface area contributed by atoms with Gasteiger partial charge < -0.3 is 19.8 Å². The van der Waals surface area contributed by atoms with Gasteiger partial charge in [-0.15, -0.1) is 0 Å². The molecule has 1 aliphatic rings. The number of nitrogens with two attached hydrogens (primary N) is 1. The van der Waals surface area contributed by atoms with E-state index in [4.69, 9.17) is 14.9 Å².